The van der Waals surface area contributed by atoms with Gasteiger partial charge >= 0.3 is 0 Å². The number of rotatable bonds is 1. The van der Waals surface area contributed by atoms with Crippen LogP contribution in [-0.2, 0) is 4.74 Å². The zero-order valence-corrected chi connectivity index (χ0v) is 6.02. The van der Waals surface area contributed by atoms with Crippen molar-refractivity contribution in [2.45, 2.75) is 18.8 Å². The molecule has 2 nitrogen and oxygen atoms in total. The number of nitriles is 1. The molecule has 1 atom stereocenters. The van der Waals surface area contributed by atoms with E-state index in [-0.39, 0.29) is 26.1 Å². The fraction of sp³-hybridized carbons (Fsp3) is 0.857. The highest BCUT2D eigenvalue weighted by Crippen LogP contribution is 2.33. The first-order chi connectivity index (χ1) is 5.17. The standard InChI is InChI=1S/C7H9F2NO/c8-7(9)2-4-11-5-6(7)1-3-10/h6H,1-2,4-5H2. The van der Waals surface area contributed by atoms with Gasteiger partial charge in [0, 0.05) is 12.8 Å². The Labute approximate surface area is 63.8 Å². The summed E-state index contributed by atoms with van der Waals surface area (Å²) in [4.78, 5) is 0. The summed E-state index contributed by atoms with van der Waals surface area (Å²) in [6.07, 6.45) is -0.369. The van der Waals surface area contributed by atoms with Crippen molar-refractivity contribution in [3.05, 3.63) is 0 Å². The Bertz CT molecular complexity index is 176. The summed E-state index contributed by atoms with van der Waals surface area (Å²) in [6.45, 7) is 0.121. The van der Waals surface area contributed by atoms with E-state index in [1.807, 2.05) is 0 Å². The van der Waals surface area contributed by atoms with Crippen LogP contribution in [0.2, 0.25) is 0 Å². The van der Waals surface area contributed by atoms with E-state index in [0.717, 1.165) is 0 Å². The maximum absolute atomic E-state index is 12.8. The van der Waals surface area contributed by atoms with Crippen LogP contribution in [-0.4, -0.2) is 19.1 Å². The number of halogens is 2. The number of hydrogen-bond acceptors (Lipinski definition) is 2. The van der Waals surface area contributed by atoms with Gasteiger partial charge in [-0.05, 0) is 0 Å². The molecule has 0 spiro atoms. The smallest absolute Gasteiger partial charge is 0.256 e. The number of hydrogen-bond donors (Lipinski definition) is 0. The molecule has 1 aliphatic rings. The summed E-state index contributed by atoms with van der Waals surface area (Å²) < 4.78 is 30.5. The molecule has 0 aromatic carbocycles. The van der Waals surface area contributed by atoms with Gasteiger partial charge in [-0.2, -0.15) is 5.26 Å². The average Bonchev–Trinajstić information content (AvgIpc) is 1.94. The topological polar surface area (TPSA) is 33.0 Å². The van der Waals surface area contributed by atoms with Gasteiger partial charge in [0.2, 0.25) is 0 Å². The molecule has 4 heteroatoms. The summed E-state index contributed by atoms with van der Waals surface area (Å²) in [5.41, 5.74) is 0. The molecule has 11 heavy (non-hydrogen) atoms. The van der Waals surface area contributed by atoms with Gasteiger partial charge in [-0.25, -0.2) is 8.78 Å². The van der Waals surface area contributed by atoms with Gasteiger partial charge in [-0.15, -0.1) is 0 Å². The number of nitrogens with zero attached hydrogens (tertiary/aromatic N) is 1. The molecule has 1 saturated heterocycles. The highest BCUT2D eigenvalue weighted by Gasteiger charge is 2.41. The SMILES string of the molecule is N#CCC1COCCC1(F)F. The van der Waals surface area contributed by atoms with Crippen molar-refractivity contribution in [2.24, 2.45) is 5.92 Å². The van der Waals surface area contributed by atoms with Crippen LogP contribution < -0.4 is 0 Å². The molecular weight excluding hydrogens is 152 g/mol. The van der Waals surface area contributed by atoms with Gasteiger partial charge in [0.1, 0.15) is 0 Å². The van der Waals surface area contributed by atoms with Crippen LogP contribution in [0.1, 0.15) is 12.8 Å². The molecule has 0 bridgehead atoms. The van der Waals surface area contributed by atoms with Crippen molar-refractivity contribution >= 4 is 0 Å². The fourth-order valence-corrected chi connectivity index (χ4v) is 1.08. The van der Waals surface area contributed by atoms with E-state index < -0.39 is 11.8 Å². The molecule has 0 aliphatic carbocycles. The van der Waals surface area contributed by atoms with Crippen molar-refractivity contribution in [1.82, 2.24) is 0 Å². The van der Waals surface area contributed by atoms with Crippen LogP contribution in [0.3, 0.4) is 0 Å². The Hall–Kier alpha value is -0.690. The summed E-state index contributed by atoms with van der Waals surface area (Å²) in [5.74, 6) is -3.60. The Kier molecular flexibility index (Phi) is 2.40. The first kappa shape index (κ1) is 8.41. The van der Waals surface area contributed by atoms with Crippen molar-refractivity contribution in [3.8, 4) is 6.07 Å². The molecule has 0 amide bonds. The predicted molar refractivity (Wildman–Crippen MR) is 34.1 cm³/mol. The van der Waals surface area contributed by atoms with E-state index in [2.05, 4.69) is 0 Å². The lowest BCUT2D eigenvalue weighted by Crippen LogP contribution is -2.37. The van der Waals surface area contributed by atoms with E-state index in [1.54, 1.807) is 6.07 Å². The molecule has 0 radical (unpaired) electrons. The first-order valence-electron chi connectivity index (χ1n) is 3.49. The highest BCUT2D eigenvalue weighted by atomic mass is 19.3. The molecule has 0 saturated carbocycles. The third-order valence-electron chi connectivity index (χ3n) is 1.83. The second kappa shape index (κ2) is 3.14. The molecule has 0 aromatic rings. The third kappa shape index (κ3) is 1.87. The largest absolute Gasteiger partial charge is 0.381 e. The van der Waals surface area contributed by atoms with Crippen molar-refractivity contribution in [2.75, 3.05) is 13.2 Å². The summed E-state index contributed by atoms with van der Waals surface area (Å²) >= 11 is 0. The average molecular weight is 161 g/mol. The monoisotopic (exact) mass is 161 g/mol. The van der Waals surface area contributed by atoms with Crippen LogP contribution in [0.25, 0.3) is 0 Å². The molecule has 1 fully saturated rings. The highest BCUT2D eigenvalue weighted by molar-refractivity contribution is 4.87. The molecule has 0 aromatic heterocycles. The molecule has 1 aliphatic heterocycles. The van der Waals surface area contributed by atoms with Crippen LogP contribution in [0.5, 0.6) is 0 Å². The van der Waals surface area contributed by atoms with Gasteiger partial charge in [-0.1, -0.05) is 0 Å². The second-order valence-electron chi connectivity index (χ2n) is 2.65. The van der Waals surface area contributed by atoms with E-state index in [9.17, 15) is 8.78 Å². The predicted octanol–water partition coefficient (Wildman–Crippen LogP) is 1.57. The third-order valence-corrected chi connectivity index (χ3v) is 1.83. The second-order valence-corrected chi connectivity index (χ2v) is 2.65. The molecule has 1 unspecified atom stereocenters. The van der Waals surface area contributed by atoms with Crippen LogP contribution >= 0.6 is 0 Å². The number of ether oxygens (including phenoxy) is 1. The Morgan fingerprint density at radius 3 is 2.91 bits per heavy atom. The zero-order valence-electron chi connectivity index (χ0n) is 6.02. The van der Waals surface area contributed by atoms with Gasteiger partial charge in [0.25, 0.3) is 5.92 Å². The lowest BCUT2D eigenvalue weighted by atomic mass is 9.95. The van der Waals surface area contributed by atoms with Crippen LogP contribution in [0.4, 0.5) is 8.78 Å². The van der Waals surface area contributed by atoms with Crippen molar-refractivity contribution in [1.29, 1.82) is 5.26 Å². The van der Waals surface area contributed by atoms with Crippen LogP contribution in [0, 0.1) is 17.2 Å². The Balaban J connectivity index is 2.54. The Morgan fingerprint density at radius 2 is 2.36 bits per heavy atom. The Morgan fingerprint density at radius 1 is 1.64 bits per heavy atom. The van der Waals surface area contributed by atoms with Gasteiger partial charge in [-0.3, -0.25) is 0 Å². The van der Waals surface area contributed by atoms with Crippen molar-refractivity contribution in [3.63, 3.8) is 0 Å². The normalized spacial score (nSPS) is 29.4. The lowest BCUT2D eigenvalue weighted by molar-refractivity contribution is -0.139. The summed E-state index contributed by atoms with van der Waals surface area (Å²) in [5, 5.41) is 8.21. The van der Waals surface area contributed by atoms with E-state index in [1.165, 1.54) is 0 Å². The first-order valence-corrected chi connectivity index (χ1v) is 3.49. The minimum absolute atomic E-state index is 0.0144. The lowest BCUT2D eigenvalue weighted by Gasteiger charge is -2.29. The quantitative estimate of drug-likeness (QED) is 0.584. The van der Waals surface area contributed by atoms with Gasteiger partial charge in [0.15, 0.2) is 0 Å². The molecule has 0 N–H and O–H groups in total. The fourth-order valence-electron chi connectivity index (χ4n) is 1.08. The van der Waals surface area contributed by atoms with E-state index in [4.69, 9.17) is 10.00 Å². The van der Waals surface area contributed by atoms with Crippen molar-refractivity contribution < 1.29 is 13.5 Å². The summed E-state index contributed by atoms with van der Waals surface area (Å²) in [7, 11) is 0. The zero-order chi connectivity index (χ0) is 8.32. The van der Waals surface area contributed by atoms with E-state index in [0.29, 0.717) is 0 Å². The van der Waals surface area contributed by atoms with Gasteiger partial charge in [0.05, 0.1) is 25.2 Å². The van der Waals surface area contributed by atoms with Crippen LogP contribution in [0.15, 0.2) is 0 Å². The minimum atomic E-state index is -2.70. The van der Waals surface area contributed by atoms with E-state index >= 15 is 0 Å². The molecular formula is C7H9F2NO. The molecule has 62 valence electrons. The summed E-state index contributed by atoms with van der Waals surface area (Å²) in [6, 6.07) is 1.73. The number of alkyl halides is 2. The van der Waals surface area contributed by atoms with Gasteiger partial charge < -0.3 is 4.74 Å². The minimum Gasteiger partial charge on any atom is -0.381 e. The molecule has 1 rings (SSSR count). The molecule has 1 heterocycles. The maximum Gasteiger partial charge on any atom is 0.256 e. The maximum atomic E-state index is 12.8.